The molecule has 0 radical (unpaired) electrons. The van der Waals surface area contributed by atoms with Crippen LogP contribution in [-0.4, -0.2) is 67.2 Å². The molecule has 2 N–H and O–H groups in total. The Hall–Kier alpha value is -1.30. The van der Waals surface area contributed by atoms with Crippen LogP contribution in [0.15, 0.2) is 0 Å². The third kappa shape index (κ3) is 12.7. The number of amides is 2. The van der Waals surface area contributed by atoms with Crippen LogP contribution in [0.1, 0.15) is 79.1 Å². The summed E-state index contributed by atoms with van der Waals surface area (Å²) in [6.07, 6.45) is -2.33. The number of rotatable bonds is 19. The SMILES string of the molecule is CC(=O)CCC(CCC(C)=O)(C(=O)NCCNC(=O)C(CCC(C)=O)(CCC(C)=O)C(=O)C(Cl)(Cl)Cl)C(=O)C(Cl)(Cl)Cl. The first kappa shape index (κ1) is 40.7. The molecule has 0 spiro atoms. The summed E-state index contributed by atoms with van der Waals surface area (Å²) in [6.45, 7) is 4.32. The zero-order valence-corrected chi connectivity index (χ0v) is 28.1. The van der Waals surface area contributed by atoms with E-state index in [1.807, 2.05) is 0 Å². The third-order valence-electron chi connectivity index (χ3n) is 6.56. The van der Waals surface area contributed by atoms with Crippen LogP contribution in [0.2, 0.25) is 0 Å². The Balaban J connectivity index is 6.13. The molecule has 0 saturated heterocycles. The van der Waals surface area contributed by atoms with Gasteiger partial charge in [0.25, 0.3) is 0 Å². The second kappa shape index (κ2) is 17.3. The molecule has 0 saturated carbocycles. The van der Waals surface area contributed by atoms with Crippen molar-refractivity contribution in [2.45, 2.75) is 86.6 Å². The summed E-state index contributed by atoms with van der Waals surface area (Å²) < 4.78 is -5.10. The number of carbonyl (C=O) groups is 8. The van der Waals surface area contributed by atoms with Crippen LogP contribution in [0, 0.1) is 10.8 Å². The van der Waals surface area contributed by atoms with Gasteiger partial charge in [-0.05, 0) is 53.4 Å². The predicted octanol–water partition coefficient (Wildman–Crippen LogP) is 4.55. The molecule has 0 aliphatic carbocycles. The highest BCUT2D eigenvalue weighted by Gasteiger charge is 2.54. The Kier molecular flexibility index (Phi) is 16.7. The van der Waals surface area contributed by atoms with Gasteiger partial charge in [-0.1, -0.05) is 69.6 Å². The molecule has 238 valence electrons. The van der Waals surface area contributed by atoms with E-state index in [0.717, 1.165) is 0 Å². The maximum Gasteiger partial charge on any atom is 0.249 e. The summed E-state index contributed by atoms with van der Waals surface area (Å²) in [4.78, 5) is 100.0. The number of ketones is 6. The monoisotopic (exact) mass is 712 g/mol. The number of hydrogen-bond acceptors (Lipinski definition) is 8. The quantitative estimate of drug-likeness (QED) is 0.112. The molecule has 0 rings (SSSR count). The van der Waals surface area contributed by atoms with Gasteiger partial charge >= 0.3 is 0 Å². The molecule has 0 atom stereocenters. The largest absolute Gasteiger partial charge is 0.353 e. The van der Waals surface area contributed by atoms with Gasteiger partial charge in [0, 0.05) is 38.8 Å². The normalized spacial score (nSPS) is 12.3. The molecule has 0 heterocycles. The van der Waals surface area contributed by atoms with Gasteiger partial charge in [-0.2, -0.15) is 0 Å². The smallest absolute Gasteiger partial charge is 0.249 e. The van der Waals surface area contributed by atoms with Crippen molar-refractivity contribution in [2.75, 3.05) is 13.1 Å². The van der Waals surface area contributed by atoms with Crippen molar-refractivity contribution < 1.29 is 38.4 Å². The van der Waals surface area contributed by atoms with Crippen LogP contribution in [0.4, 0.5) is 0 Å². The lowest BCUT2D eigenvalue weighted by Crippen LogP contribution is -2.54. The Labute approximate surface area is 274 Å². The van der Waals surface area contributed by atoms with Crippen LogP contribution >= 0.6 is 69.6 Å². The number of alkyl halides is 6. The first-order chi connectivity index (χ1) is 19.0. The second-order valence-electron chi connectivity index (χ2n) is 10.1. The summed E-state index contributed by atoms with van der Waals surface area (Å²) in [5, 5.41) is 4.89. The first-order valence-corrected chi connectivity index (χ1v) is 15.1. The van der Waals surface area contributed by atoms with Gasteiger partial charge in [0.2, 0.25) is 19.4 Å². The molecule has 0 bridgehead atoms. The molecule has 0 unspecified atom stereocenters. The van der Waals surface area contributed by atoms with Crippen molar-refractivity contribution in [1.82, 2.24) is 10.6 Å². The molecule has 2 amide bonds. The van der Waals surface area contributed by atoms with Gasteiger partial charge in [0.05, 0.1) is 0 Å². The Morgan fingerprint density at radius 2 is 0.667 bits per heavy atom. The van der Waals surface area contributed by atoms with Gasteiger partial charge < -0.3 is 29.8 Å². The van der Waals surface area contributed by atoms with Gasteiger partial charge in [-0.3, -0.25) is 19.2 Å². The summed E-state index contributed by atoms with van der Waals surface area (Å²) in [6, 6.07) is 0. The number of hydrogen-bond donors (Lipinski definition) is 2. The predicted molar refractivity (Wildman–Crippen MR) is 161 cm³/mol. The van der Waals surface area contributed by atoms with E-state index in [1.54, 1.807) is 0 Å². The zero-order chi connectivity index (χ0) is 33.1. The number of nitrogens with one attached hydrogen (secondary N) is 2. The fourth-order valence-electron chi connectivity index (χ4n) is 4.16. The molecule has 0 aromatic rings. The van der Waals surface area contributed by atoms with E-state index in [0.29, 0.717) is 0 Å². The van der Waals surface area contributed by atoms with E-state index in [4.69, 9.17) is 69.6 Å². The minimum atomic E-state index is -2.55. The fourth-order valence-corrected chi connectivity index (χ4v) is 5.24. The maximum atomic E-state index is 13.4. The zero-order valence-electron chi connectivity index (χ0n) is 23.6. The van der Waals surface area contributed by atoms with Crippen LogP contribution in [0.3, 0.4) is 0 Å². The topological polar surface area (TPSA) is 161 Å². The summed E-state index contributed by atoms with van der Waals surface area (Å²) in [5.41, 5.74) is -4.13. The van der Waals surface area contributed by atoms with E-state index >= 15 is 0 Å². The fraction of sp³-hybridized carbons (Fsp3) is 0.692. The minimum absolute atomic E-state index is 0.234. The van der Waals surface area contributed by atoms with Crippen molar-refractivity contribution in [3.63, 3.8) is 0 Å². The van der Waals surface area contributed by atoms with Gasteiger partial charge in [-0.15, -0.1) is 0 Å². The average Bonchev–Trinajstić information content (AvgIpc) is 2.84. The Morgan fingerprint density at radius 3 is 0.833 bits per heavy atom. The number of Topliss-reactive ketones (excluding diaryl/α,β-unsaturated/α-hetero) is 6. The number of halogens is 6. The molecular formula is C26H34Cl6N2O8. The van der Waals surface area contributed by atoms with E-state index in [-0.39, 0.29) is 87.6 Å². The number of carbonyl (C=O) groups excluding carboxylic acids is 8. The molecule has 42 heavy (non-hydrogen) atoms. The summed E-state index contributed by atoms with van der Waals surface area (Å²) in [5.74, 6) is -5.60. The molecule has 10 nitrogen and oxygen atoms in total. The van der Waals surface area contributed by atoms with Gasteiger partial charge in [0.1, 0.15) is 34.0 Å². The summed E-state index contributed by atoms with van der Waals surface area (Å²) in [7, 11) is 0. The lowest BCUT2D eigenvalue weighted by Gasteiger charge is -2.34. The highest BCUT2D eigenvalue weighted by atomic mass is 35.6. The highest BCUT2D eigenvalue weighted by Crippen LogP contribution is 2.43. The van der Waals surface area contributed by atoms with Crippen molar-refractivity contribution in [3.8, 4) is 0 Å². The summed E-state index contributed by atoms with van der Waals surface area (Å²) >= 11 is 35.0. The Bertz CT molecular complexity index is 962. The standard InChI is InChI=1S/C26H34Cl6N2O8/c1-15(35)5-9-23(10-6-16(2)36,19(39)25(27,28)29)21(41)33-13-14-34-22(42)24(11-7-17(3)37,12-8-18(4)38)20(40)26(30,31)32/h5-14H2,1-4H3,(H,33,41)(H,34,42). The van der Waals surface area contributed by atoms with E-state index < -0.39 is 41.8 Å². The maximum absolute atomic E-state index is 13.4. The van der Waals surface area contributed by atoms with Crippen LogP contribution in [0.25, 0.3) is 0 Å². The average molecular weight is 715 g/mol. The molecule has 0 aliphatic rings. The van der Waals surface area contributed by atoms with Gasteiger partial charge in [-0.25, -0.2) is 0 Å². The molecule has 0 aliphatic heterocycles. The van der Waals surface area contributed by atoms with E-state index in [9.17, 15) is 38.4 Å². The third-order valence-corrected chi connectivity index (χ3v) is 7.59. The first-order valence-electron chi connectivity index (χ1n) is 12.8. The second-order valence-corrected chi connectivity index (χ2v) is 14.7. The van der Waals surface area contributed by atoms with Crippen molar-refractivity contribution in [1.29, 1.82) is 0 Å². The van der Waals surface area contributed by atoms with Gasteiger partial charge in [0.15, 0.2) is 11.6 Å². The van der Waals surface area contributed by atoms with E-state index in [2.05, 4.69) is 10.6 Å². The lowest BCUT2D eigenvalue weighted by molar-refractivity contribution is -0.146. The Morgan fingerprint density at radius 1 is 0.452 bits per heavy atom. The minimum Gasteiger partial charge on any atom is -0.353 e. The highest BCUT2D eigenvalue weighted by molar-refractivity contribution is 6.77. The van der Waals surface area contributed by atoms with Crippen molar-refractivity contribution >= 4 is 116 Å². The molecule has 0 fully saturated rings. The molecule has 16 heteroatoms. The van der Waals surface area contributed by atoms with Crippen LogP contribution < -0.4 is 10.6 Å². The van der Waals surface area contributed by atoms with Crippen molar-refractivity contribution in [3.05, 3.63) is 0 Å². The van der Waals surface area contributed by atoms with Crippen molar-refractivity contribution in [2.24, 2.45) is 10.8 Å². The lowest BCUT2D eigenvalue weighted by atomic mass is 9.73. The van der Waals surface area contributed by atoms with E-state index in [1.165, 1.54) is 27.7 Å². The molecule has 0 aromatic heterocycles. The van der Waals surface area contributed by atoms with Crippen LogP contribution in [0.5, 0.6) is 0 Å². The molecular weight excluding hydrogens is 681 g/mol. The molecule has 0 aromatic carbocycles. The van der Waals surface area contributed by atoms with Crippen LogP contribution in [-0.2, 0) is 38.4 Å².